The Morgan fingerprint density at radius 2 is 1.92 bits per heavy atom. The van der Waals surface area contributed by atoms with E-state index in [4.69, 9.17) is 0 Å². The van der Waals surface area contributed by atoms with E-state index in [2.05, 4.69) is 22.5 Å². The fraction of sp³-hybridized carbons (Fsp3) is 0.222. The van der Waals surface area contributed by atoms with Crippen molar-refractivity contribution >= 4 is 23.6 Å². The van der Waals surface area contributed by atoms with Crippen LogP contribution in [-0.4, -0.2) is 24.1 Å². The number of rotatable bonds is 5. The van der Waals surface area contributed by atoms with Crippen molar-refractivity contribution in [2.24, 2.45) is 10.2 Å². The molecule has 1 heterocycles. The summed E-state index contributed by atoms with van der Waals surface area (Å²) < 4.78 is 0. The highest BCUT2D eigenvalue weighted by atomic mass is 32.2. The molecule has 1 unspecified atom stereocenters. The number of hydrogen-bond acceptors (Lipinski definition) is 4. The molecule has 2 amide bonds. The summed E-state index contributed by atoms with van der Waals surface area (Å²) in [4.78, 5) is 25.2. The third kappa shape index (κ3) is 3.38. The number of nitrogens with zero attached hydrogens (tertiary/aromatic N) is 2. The zero-order valence-corrected chi connectivity index (χ0v) is 14.0. The molecule has 1 N–H and O–H groups in total. The molecule has 122 valence electrons. The number of carbonyl (C=O) groups excluding carboxylic acids is 2. The highest BCUT2D eigenvalue weighted by molar-refractivity contribution is 7.99. The minimum absolute atomic E-state index is 0.142. The van der Waals surface area contributed by atoms with Crippen LogP contribution in [0, 0.1) is 0 Å². The number of benzene rings is 2. The number of hydrogen-bond donors (Lipinski definition) is 1. The van der Waals surface area contributed by atoms with Crippen LogP contribution < -0.4 is 5.32 Å². The minimum Gasteiger partial charge on any atom is -0.349 e. The van der Waals surface area contributed by atoms with Crippen LogP contribution in [0.3, 0.4) is 0 Å². The normalized spacial score (nSPS) is 15.9. The van der Waals surface area contributed by atoms with Gasteiger partial charge >= 0.3 is 0 Å². The van der Waals surface area contributed by atoms with Crippen LogP contribution in [-0.2, 0) is 0 Å². The van der Waals surface area contributed by atoms with Crippen molar-refractivity contribution in [2.75, 3.05) is 12.3 Å². The van der Waals surface area contributed by atoms with Gasteiger partial charge in [0.2, 0.25) is 0 Å². The lowest BCUT2D eigenvalue weighted by molar-refractivity contribution is 0.0947. The Kier molecular flexibility index (Phi) is 5.05. The van der Waals surface area contributed by atoms with Gasteiger partial charge in [-0.05, 0) is 29.5 Å². The van der Waals surface area contributed by atoms with Crippen molar-refractivity contribution < 1.29 is 9.59 Å². The van der Waals surface area contributed by atoms with Crippen molar-refractivity contribution in [2.45, 2.75) is 17.9 Å². The van der Waals surface area contributed by atoms with Crippen LogP contribution in [0.4, 0.5) is 0 Å². The summed E-state index contributed by atoms with van der Waals surface area (Å²) in [7, 11) is 0. The lowest BCUT2D eigenvalue weighted by Crippen LogP contribution is -2.29. The average molecular weight is 339 g/mol. The summed E-state index contributed by atoms with van der Waals surface area (Å²) in [6, 6.07) is 14.4. The van der Waals surface area contributed by atoms with Gasteiger partial charge in [0, 0.05) is 17.0 Å². The molecule has 24 heavy (non-hydrogen) atoms. The summed E-state index contributed by atoms with van der Waals surface area (Å²) in [5.74, 6) is 0.422. The zero-order valence-electron chi connectivity index (χ0n) is 13.2. The van der Waals surface area contributed by atoms with Crippen LogP contribution in [0.25, 0.3) is 0 Å². The van der Waals surface area contributed by atoms with Crippen molar-refractivity contribution in [3.05, 3.63) is 65.2 Å². The van der Waals surface area contributed by atoms with E-state index in [-0.39, 0.29) is 17.9 Å². The maximum Gasteiger partial charge on any atom is 0.295 e. The molecule has 0 saturated carbocycles. The molecule has 0 bridgehead atoms. The second-order valence-electron chi connectivity index (χ2n) is 5.26. The van der Waals surface area contributed by atoms with Crippen LogP contribution in [0.15, 0.2) is 63.7 Å². The van der Waals surface area contributed by atoms with Crippen LogP contribution >= 0.6 is 11.8 Å². The average Bonchev–Trinajstić information content (AvgIpc) is 2.62. The highest BCUT2D eigenvalue weighted by Crippen LogP contribution is 2.27. The maximum atomic E-state index is 12.5. The number of thioether (sulfide) groups is 1. The fourth-order valence-corrected chi connectivity index (χ4v) is 3.39. The molecule has 2 aromatic rings. The molecule has 0 saturated heterocycles. The lowest BCUT2D eigenvalue weighted by Gasteiger charge is -2.18. The van der Waals surface area contributed by atoms with E-state index in [1.54, 1.807) is 23.9 Å². The number of nitrogens with one attached hydrogen (secondary N) is 1. The van der Waals surface area contributed by atoms with E-state index < -0.39 is 0 Å². The lowest BCUT2D eigenvalue weighted by atomic mass is 9.99. The summed E-state index contributed by atoms with van der Waals surface area (Å²) in [5.41, 5.74) is 2.00. The van der Waals surface area contributed by atoms with Crippen molar-refractivity contribution in [1.29, 1.82) is 0 Å². The standard InChI is InChI=1S/C18H17N3O2S/c1-2-24-16-10-6-5-9-14(16)17(22)19-11-15-12-7-3-4-8-13(12)18(23)21-20-15/h3-10,15H,2,11H2,1H3,(H,19,22). The van der Waals surface area contributed by atoms with Crippen molar-refractivity contribution in [3.8, 4) is 0 Å². The third-order valence-electron chi connectivity index (χ3n) is 3.73. The van der Waals surface area contributed by atoms with Crippen molar-refractivity contribution in [1.82, 2.24) is 5.32 Å². The van der Waals surface area contributed by atoms with Gasteiger partial charge in [-0.15, -0.1) is 16.9 Å². The second kappa shape index (κ2) is 7.40. The van der Waals surface area contributed by atoms with Gasteiger partial charge in [-0.1, -0.05) is 37.3 Å². The van der Waals surface area contributed by atoms with Crippen LogP contribution in [0.1, 0.15) is 39.2 Å². The molecular weight excluding hydrogens is 322 g/mol. The Morgan fingerprint density at radius 3 is 2.75 bits per heavy atom. The van der Waals surface area contributed by atoms with Gasteiger partial charge in [0.05, 0.1) is 5.56 Å². The van der Waals surface area contributed by atoms with E-state index in [1.165, 1.54) is 0 Å². The number of amides is 2. The first-order valence-corrected chi connectivity index (χ1v) is 8.73. The van der Waals surface area contributed by atoms with E-state index >= 15 is 0 Å². The Hall–Kier alpha value is -2.47. The summed E-state index contributed by atoms with van der Waals surface area (Å²) in [6.45, 7) is 2.35. The summed E-state index contributed by atoms with van der Waals surface area (Å²) in [5, 5.41) is 10.6. The SMILES string of the molecule is CCSc1ccccc1C(=O)NCC1N=NC(=O)c2ccccc21. The molecule has 0 aromatic heterocycles. The van der Waals surface area contributed by atoms with E-state index in [1.807, 2.05) is 36.4 Å². The second-order valence-corrected chi connectivity index (χ2v) is 6.57. The zero-order chi connectivity index (χ0) is 16.9. The Bertz CT molecular complexity index is 804. The molecule has 1 aliphatic rings. The molecular formula is C18H17N3O2S. The molecule has 0 spiro atoms. The minimum atomic E-state index is -0.339. The topological polar surface area (TPSA) is 70.9 Å². The molecule has 6 heteroatoms. The van der Waals surface area contributed by atoms with Gasteiger partial charge in [-0.25, -0.2) is 0 Å². The number of azo groups is 1. The van der Waals surface area contributed by atoms with Gasteiger partial charge in [0.25, 0.3) is 11.8 Å². The Balaban J connectivity index is 1.74. The molecule has 5 nitrogen and oxygen atoms in total. The largest absolute Gasteiger partial charge is 0.349 e. The highest BCUT2D eigenvalue weighted by Gasteiger charge is 2.24. The van der Waals surface area contributed by atoms with Gasteiger partial charge in [-0.3, -0.25) is 9.59 Å². The Labute approximate surface area is 144 Å². The number of carbonyl (C=O) groups is 2. The number of fused-ring (bicyclic) bond motifs is 1. The molecule has 3 rings (SSSR count). The molecule has 1 atom stereocenters. The van der Waals surface area contributed by atoms with E-state index in [0.29, 0.717) is 17.7 Å². The predicted octanol–water partition coefficient (Wildman–Crippen LogP) is 3.88. The van der Waals surface area contributed by atoms with E-state index in [9.17, 15) is 9.59 Å². The van der Waals surface area contributed by atoms with Gasteiger partial charge in [0.1, 0.15) is 6.04 Å². The van der Waals surface area contributed by atoms with Crippen molar-refractivity contribution in [3.63, 3.8) is 0 Å². The van der Waals surface area contributed by atoms with E-state index in [0.717, 1.165) is 16.2 Å². The third-order valence-corrected chi connectivity index (χ3v) is 4.68. The van der Waals surface area contributed by atoms with Gasteiger partial charge in [0.15, 0.2) is 0 Å². The smallest absolute Gasteiger partial charge is 0.295 e. The first-order chi connectivity index (χ1) is 11.7. The first-order valence-electron chi connectivity index (χ1n) is 7.75. The maximum absolute atomic E-state index is 12.5. The Morgan fingerprint density at radius 1 is 1.17 bits per heavy atom. The van der Waals surface area contributed by atoms with Gasteiger partial charge < -0.3 is 5.32 Å². The van der Waals surface area contributed by atoms with Gasteiger partial charge in [-0.2, -0.15) is 5.11 Å². The molecule has 0 radical (unpaired) electrons. The quantitative estimate of drug-likeness (QED) is 0.841. The monoisotopic (exact) mass is 339 g/mol. The molecule has 0 aliphatic carbocycles. The van der Waals surface area contributed by atoms with Crippen LogP contribution in [0.2, 0.25) is 0 Å². The summed E-state index contributed by atoms with van der Waals surface area (Å²) in [6.07, 6.45) is 0. The van der Waals surface area contributed by atoms with Crippen LogP contribution in [0.5, 0.6) is 0 Å². The molecule has 2 aromatic carbocycles. The predicted molar refractivity (Wildman–Crippen MR) is 93.5 cm³/mol. The molecule has 0 fully saturated rings. The summed E-state index contributed by atoms with van der Waals surface area (Å²) >= 11 is 1.63. The first kappa shape index (κ1) is 16.4. The fourth-order valence-electron chi connectivity index (χ4n) is 2.59. The molecule has 1 aliphatic heterocycles.